The topological polar surface area (TPSA) is 79.5 Å². The lowest BCUT2D eigenvalue weighted by atomic mass is 10.1. The molecule has 128 valence electrons. The van der Waals surface area contributed by atoms with Crippen molar-refractivity contribution in [2.45, 2.75) is 32.9 Å². The highest BCUT2D eigenvalue weighted by atomic mass is 32.1. The Labute approximate surface area is 149 Å². The largest absolute Gasteiger partial charge is 0.378 e. The van der Waals surface area contributed by atoms with Crippen LogP contribution in [0.25, 0.3) is 4.96 Å². The fourth-order valence-electron chi connectivity index (χ4n) is 2.13. The summed E-state index contributed by atoms with van der Waals surface area (Å²) in [6.07, 6.45) is 1.81. The summed E-state index contributed by atoms with van der Waals surface area (Å²) in [5, 5.41) is 17.7. The summed E-state index contributed by atoms with van der Waals surface area (Å²) in [6.45, 7) is 5.52. The normalized spacial score (nSPS) is 11.2. The van der Waals surface area contributed by atoms with Crippen LogP contribution < -0.4 is 5.32 Å². The van der Waals surface area contributed by atoms with Gasteiger partial charge in [0.05, 0.1) is 18.4 Å². The van der Waals surface area contributed by atoms with Crippen molar-refractivity contribution in [1.29, 1.82) is 0 Å². The van der Waals surface area contributed by atoms with E-state index in [4.69, 9.17) is 0 Å². The van der Waals surface area contributed by atoms with E-state index in [0.29, 0.717) is 12.1 Å². The predicted molar refractivity (Wildman–Crippen MR) is 96.4 cm³/mol. The lowest BCUT2D eigenvalue weighted by Crippen LogP contribution is -2.22. The van der Waals surface area contributed by atoms with Crippen molar-refractivity contribution in [2.24, 2.45) is 0 Å². The third-order valence-electron chi connectivity index (χ3n) is 3.28. The van der Waals surface area contributed by atoms with E-state index in [9.17, 15) is 9.90 Å². The first-order valence-electron chi connectivity index (χ1n) is 7.76. The smallest absolute Gasteiger partial charge is 0.251 e. The molecule has 0 radical (unpaired) electrons. The summed E-state index contributed by atoms with van der Waals surface area (Å²) in [5.41, 5.74) is 1.01. The maximum atomic E-state index is 12.2. The van der Waals surface area contributed by atoms with E-state index in [-0.39, 0.29) is 5.91 Å². The number of hydrogen-bond acceptors (Lipinski definition) is 5. The number of carbonyl (C=O) groups excluding carboxylic acids is 1. The molecule has 2 heterocycles. The minimum absolute atomic E-state index is 0.178. The number of aromatic nitrogens is 3. The van der Waals surface area contributed by atoms with E-state index in [0.717, 1.165) is 21.2 Å². The monoisotopic (exact) mass is 354 g/mol. The van der Waals surface area contributed by atoms with Crippen LogP contribution >= 0.6 is 11.3 Å². The van der Waals surface area contributed by atoms with Gasteiger partial charge < -0.3 is 10.4 Å². The number of hydrogen-bond donors (Lipinski definition) is 2. The Kier molecular flexibility index (Phi) is 4.57. The van der Waals surface area contributed by atoms with E-state index >= 15 is 0 Å². The van der Waals surface area contributed by atoms with E-state index in [1.54, 1.807) is 42.6 Å². The average molecular weight is 354 g/mol. The molecule has 0 bridgehead atoms. The minimum atomic E-state index is -1.04. The molecule has 0 spiro atoms. The molecule has 0 aliphatic rings. The van der Waals surface area contributed by atoms with Crippen molar-refractivity contribution >= 4 is 22.2 Å². The summed E-state index contributed by atoms with van der Waals surface area (Å²) in [7, 11) is 0. The Hall–Kier alpha value is -2.69. The van der Waals surface area contributed by atoms with Crippen molar-refractivity contribution in [3.8, 4) is 11.8 Å². The molecule has 0 saturated heterocycles. The molecule has 7 heteroatoms. The van der Waals surface area contributed by atoms with Gasteiger partial charge in [-0.05, 0) is 45.0 Å². The van der Waals surface area contributed by atoms with Crippen molar-refractivity contribution in [2.75, 3.05) is 0 Å². The third kappa shape index (κ3) is 4.44. The van der Waals surface area contributed by atoms with Gasteiger partial charge in [0.25, 0.3) is 5.91 Å². The SMILES string of the molecule is Cc1nn2cc(CNC(=O)c3ccc(C#CC(C)(C)O)cc3)nc2s1. The highest BCUT2D eigenvalue weighted by molar-refractivity contribution is 7.16. The van der Waals surface area contributed by atoms with Gasteiger partial charge in [-0.25, -0.2) is 9.50 Å². The number of aryl methyl sites for hydroxylation is 1. The van der Waals surface area contributed by atoms with Gasteiger partial charge in [0.2, 0.25) is 4.96 Å². The Bertz CT molecular complexity index is 937. The zero-order valence-electron chi connectivity index (χ0n) is 14.2. The van der Waals surface area contributed by atoms with Gasteiger partial charge >= 0.3 is 0 Å². The molecule has 0 saturated carbocycles. The molecule has 0 aliphatic carbocycles. The number of nitrogens with one attached hydrogen (secondary N) is 1. The van der Waals surface area contributed by atoms with Gasteiger partial charge in [-0.15, -0.1) is 0 Å². The second-order valence-corrected chi connectivity index (χ2v) is 7.31. The molecule has 1 amide bonds. The number of aliphatic hydroxyl groups is 1. The number of rotatable bonds is 3. The van der Waals surface area contributed by atoms with Gasteiger partial charge in [-0.3, -0.25) is 4.79 Å². The van der Waals surface area contributed by atoms with Crippen LogP contribution in [0.4, 0.5) is 0 Å². The van der Waals surface area contributed by atoms with Gasteiger partial charge in [0.1, 0.15) is 10.6 Å². The fraction of sp³-hybridized carbons (Fsp3) is 0.278. The Morgan fingerprint density at radius 1 is 1.36 bits per heavy atom. The van der Waals surface area contributed by atoms with Gasteiger partial charge in [-0.2, -0.15) is 5.10 Å². The molecule has 0 fully saturated rings. The molecule has 3 aromatic rings. The summed E-state index contributed by atoms with van der Waals surface area (Å²) >= 11 is 1.51. The van der Waals surface area contributed by atoms with Crippen LogP contribution in [0.5, 0.6) is 0 Å². The summed E-state index contributed by atoms with van der Waals surface area (Å²) < 4.78 is 1.72. The molecule has 1 aromatic carbocycles. The number of fused-ring (bicyclic) bond motifs is 1. The molecule has 25 heavy (non-hydrogen) atoms. The second-order valence-electron chi connectivity index (χ2n) is 6.15. The first kappa shape index (κ1) is 17.1. The van der Waals surface area contributed by atoms with Gasteiger partial charge in [-0.1, -0.05) is 23.2 Å². The number of nitrogens with zero attached hydrogens (tertiary/aromatic N) is 3. The van der Waals surface area contributed by atoms with E-state index in [2.05, 4.69) is 27.2 Å². The quantitative estimate of drug-likeness (QED) is 0.707. The van der Waals surface area contributed by atoms with E-state index in [1.165, 1.54) is 11.3 Å². The summed E-state index contributed by atoms with van der Waals surface area (Å²) in [5.74, 6) is 5.43. The third-order valence-corrected chi connectivity index (χ3v) is 4.12. The highest BCUT2D eigenvalue weighted by Crippen LogP contribution is 2.13. The second kappa shape index (κ2) is 6.67. The van der Waals surface area contributed by atoms with Crippen LogP contribution in [0, 0.1) is 18.8 Å². The van der Waals surface area contributed by atoms with Crippen LogP contribution in [0.2, 0.25) is 0 Å². The predicted octanol–water partition coefficient (Wildman–Crippen LogP) is 2.15. The lowest BCUT2D eigenvalue weighted by molar-refractivity contribution is 0.0950. The van der Waals surface area contributed by atoms with Crippen LogP contribution in [0.1, 0.15) is 40.5 Å². The molecule has 3 rings (SSSR count). The zero-order chi connectivity index (χ0) is 18.0. The molecule has 0 aliphatic heterocycles. The molecule has 6 nitrogen and oxygen atoms in total. The number of imidazole rings is 1. The van der Waals surface area contributed by atoms with Crippen molar-refractivity contribution in [1.82, 2.24) is 19.9 Å². The highest BCUT2D eigenvalue weighted by Gasteiger charge is 2.09. The Morgan fingerprint density at radius 3 is 2.72 bits per heavy atom. The van der Waals surface area contributed by atoms with Crippen LogP contribution in [-0.4, -0.2) is 31.2 Å². The average Bonchev–Trinajstić information content (AvgIpc) is 3.07. The molecule has 2 aromatic heterocycles. The van der Waals surface area contributed by atoms with Crippen LogP contribution in [0.3, 0.4) is 0 Å². The maximum Gasteiger partial charge on any atom is 0.251 e. The number of amides is 1. The number of carbonyl (C=O) groups is 1. The Balaban J connectivity index is 1.62. The van der Waals surface area contributed by atoms with E-state index in [1.807, 2.05) is 13.1 Å². The van der Waals surface area contributed by atoms with Gasteiger partial charge in [0, 0.05) is 11.1 Å². The molecular weight excluding hydrogens is 336 g/mol. The number of benzene rings is 1. The molecule has 0 unspecified atom stereocenters. The standard InChI is InChI=1S/C18H18N4O2S/c1-12-21-22-11-15(20-17(22)25-12)10-19-16(23)14-6-4-13(5-7-14)8-9-18(2,3)24/h4-7,11,24H,10H2,1-3H3,(H,19,23). The van der Waals surface area contributed by atoms with Gasteiger partial charge in [0.15, 0.2) is 0 Å². The molecule has 0 atom stereocenters. The molecular formula is C18H18N4O2S. The van der Waals surface area contributed by atoms with E-state index < -0.39 is 5.60 Å². The maximum absolute atomic E-state index is 12.2. The minimum Gasteiger partial charge on any atom is -0.378 e. The first-order chi connectivity index (χ1) is 11.8. The summed E-state index contributed by atoms with van der Waals surface area (Å²) in [6, 6.07) is 6.93. The van der Waals surface area contributed by atoms with Crippen LogP contribution in [-0.2, 0) is 6.54 Å². The van der Waals surface area contributed by atoms with Crippen molar-refractivity contribution in [3.63, 3.8) is 0 Å². The van der Waals surface area contributed by atoms with Crippen molar-refractivity contribution in [3.05, 3.63) is 52.3 Å². The zero-order valence-corrected chi connectivity index (χ0v) is 15.0. The molecule has 2 N–H and O–H groups in total. The Morgan fingerprint density at radius 2 is 2.08 bits per heavy atom. The first-order valence-corrected chi connectivity index (χ1v) is 8.57. The summed E-state index contributed by atoms with van der Waals surface area (Å²) in [4.78, 5) is 17.5. The van der Waals surface area contributed by atoms with Crippen LogP contribution in [0.15, 0.2) is 30.5 Å². The van der Waals surface area contributed by atoms with Crippen molar-refractivity contribution < 1.29 is 9.90 Å². The fourth-order valence-corrected chi connectivity index (χ4v) is 2.88. The lowest BCUT2D eigenvalue weighted by Gasteiger charge is -2.06.